The summed E-state index contributed by atoms with van der Waals surface area (Å²) in [6, 6.07) is 15.7. The SMILES string of the molecule is CC(=O)c1cccc(-c2ccc(/C=C3/C(=O)N(c4ccc(S(=O)(=O)O)cc4)N=C3C)o2)c1. The topological polar surface area (TPSA) is 117 Å². The van der Waals surface area contributed by atoms with E-state index in [0.29, 0.717) is 34.1 Å². The monoisotopic (exact) mass is 450 g/mol. The van der Waals surface area contributed by atoms with Crippen LogP contribution in [-0.2, 0) is 14.9 Å². The van der Waals surface area contributed by atoms with E-state index in [1.807, 2.05) is 6.07 Å². The van der Waals surface area contributed by atoms with E-state index in [1.54, 1.807) is 43.3 Å². The number of hydrogen-bond donors (Lipinski definition) is 1. The first-order valence-electron chi connectivity index (χ1n) is 9.54. The van der Waals surface area contributed by atoms with Crippen LogP contribution in [0.15, 0.2) is 80.7 Å². The van der Waals surface area contributed by atoms with Crippen molar-refractivity contribution in [3.8, 4) is 11.3 Å². The molecule has 1 N–H and O–H groups in total. The number of amides is 1. The standard InChI is InChI=1S/C23H18N2O6S/c1-14-21(23(27)25(24-14)18-6-9-20(10-7-18)32(28,29)30)13-19-8-11-22(31-19)17-5-3-4-16(12-17)15(2)26/h3-13H,1-2H3,(H,28,29,30)/b21-13+. The smallest absolute Gasteiger partial charge is 0.294 e. The van der Waals surface area contributed by atoms with E-state index >= 15 is 0 Å². The summed E-state index contributed by atoms with van der Waals surface area (Å²) < 4.78 is 37.4. The van der Waals surface area contributed by atoms with Crippen molar-refractivity contribution < 1.29 is 27.0 Å². The lowest BCUT2D eigenvalue weighted by Gasteiger charge is -2.11. The molecule has 9 heteroatoms. The second-order valence-electron chi connectivity index (χ2n) is 7.17. The molecule has 0 atom stereocenters. The zero-order valence-electron chi connectivity index (χ0n) is 17.1. The number of benzene rings is 2. The van der Waals surface area contributed by atoms with Gasteiger partial charge in [0.05, 0.1) is 21.9 Å². The number of carbonyl (C=O) groups excluding carboxylic acids is 2. The molecule has 2 heterocycles. The highest BCUT2D eigenvalue weighted by Gasteiger charge is 2.29. The Morgan fingerprint density at radius 2 is 1.81 bits per heavy atom. The van der Waals surface area contributed by atoms with Crippen LogP contribution in [0.4, 0.5) is 5.69 Å². The first-order valence-corrected chi connectivity index (χ1v) is 11.0. The van der Waals surface area contributed by atoms with E-state index in [4.69, 9.17) is 8.97 Å². The van der Waals surface area contributed by atoms with Crippen LogP contribution in [0, 0.1) is 0 Å². The third-order valence-corrected chi connectivity index (χ3v) is 5.78. The first-order chi connectivity index (χ1) is 15.1. The van der Waals surface area contributed by atoms with Crippen LogP contribution < -0.4 is 5.01 Å². The van der Waals surface area contributed by atoms with E-state index < -0.39 is 16.0 Å². The second-order valence-corrected chi connectivity index (χ2v) is 8.59. The van der Waals surface area contributed by atoms with Crippen LogP contribution in [0.2, 0.25) is 0 Å². The Kier molecular flexibility index (Phi) is 5.37. The highest BCUT2D eigenvalue weighted by atomic mass is 32.2. The zero-order valence-corrected chi connectivity index (χ0v) is 18.0. The van der Waals surface area contributed by atoms with E-state index in [1.165, 1.54) is 31.2 Å². The largest absolute Gasteiger partial charge is 0.457 e. The fourth-order valence-electron chi connectivity index (χ4n) is 3.24. The predicted molar refractivity (Wildman–Crippen MR) is 119 cm³/mol. The molecular formula is C23H18N2O6S. The molecule has 4 rings (SSSR count). The molecule has 32 heavy (non-hydrogen) atoms. The molecule has 0 unspecified atom stereocenters. The van der Waals surface area contributed by atoms with E-state index in [2.05, 4.69) is 5.10 Å². The van der Waals surface area contributed by atoms with Gasteiger partial charge in [-0.05, 0) is 62.4 Å². The molecule has 0 aliphatic carbocycles. The lowest BCUT2D eigenvalue weighted by atomic mass is 10.1. The van der Waals surface area contributed by atoms with Gasteiger partial charge < -0.3 is 4.42 Å². The zero-order chi connectivity index (χ0) is 23.0. The Bertz CT molecular complexity index is 1400. The van der Waals surface area contributed by atoms with Gasteiger partial charge in [0.15, 0.2) is 5.78 Å². The molecular weight excluding hydrogens is 432 g/mol. The molecule has 3 aromatic rings. The molecule has 162 valence electrons. The summed E-state index contributed by atoms with van der Waals surface area (Å²) in [5, 5.41) is 5.39. The summed E-state index contributed by atoms with van der Waals surface area (Å²) in [5.41, 5.74) is 2.45. The number of ketones is 1. The quantitative estimate of drug-likeness (QED) is 0.354. The third-order valence-electron chi connectivity index (χ3n) is 4.91. The maximum Gasteiger partial charge on any atom is 0.294 e. The molecule has 1 amide bonds. The molecule has 1 aliphatic heterocycles. The molecule has 0 radical (unpaired) electrons. The number of Topliss-reactive ketones (excluding diaryl/α,β-unsaturated/α-hetero) is 1. The summed E-state index contributed by atoms with van der Waals surface area (Å²) in [7, 11) is -4.33. The van der Waals surface area contributed by atoms with Gasteiger partial charge in [-0.15, -0.1) is 0 Å². The Morgan fingerprint density at radius 1 is 1.09 bits per heavy atom. The number of anilines is 1. The maximum atomic E-state index is 12.9. The van der Waals surface area contributed by atoms with Crippen LogP contribution in [0.3, 0.4) is 0 Å². The van der Waals surface area contributed by atoms with Crippen molar-refractivity contribution in [3.05, 3.63) is 77.6 Å². The molecule has 1 aliphatic rings. The minimum atomic E-state index is -4.33. The highest BCUT2D eigenvalue weighted by Crippen LogP contribution is 2.28. The molecule has 1 aromatic heterocycles. The Balaban J connectivity index is 1.60. The maximum absolute atomic E-state index is 12.9. The fraction of sp³-hybridized carbons (Fsp3) is 0.0870. The number of carbonyl (C=O) groups is 2. The summed E-state index contributed by atoms with van der Waals surface area (Å²) in [6.07, 6.45) is 1.58. The lowest BCUT2D eigenvalue weighted by Crippen LogP contribution is -2.21. The van der Waals surface area contributed by atoms with E-state index in [-0.39, 0.29) is 10.7 Å². The van der Waals surface area contributed by atoms with Crippen LogP contribution >= 0.6 is 0 Å². The number of rotatable bonds is 5. The van der Waals surface area contributed by atoms with Crippen molar-refractivity contribution in [1.29, 1.82) is 0 Å². The molecule has 0 saturated carbocycles. The molecule has 0 bridgehead atoms. The predicted octanol–water partition coefficient (Wildman–Crippen LogP) is 4.20. The van der Waals surface area contributed by atoms with Gasteiger partial charge >= 0.3 is 0 Å². The van der Waals surface area contributed by atoms with Gasteiger partial charge in [0, 0.05) is 11.1 Å². The normalized spacial score (nSPS) is 15.3. The third kappa shape index (κ3) is 4.16. The van der Waals surface area contributed by atoms with E-state index in [9.17, 15) is 18.0 Å². The second kappa shape index (κ2) is 8.03. The van der Waals surface area contributed by atoms with Crippen molar-refractivity contribution in [2.75, 3.05) is 5.01 Å². The Morgan fingerprint density at radius 3 is 2.47 bits per heavy atom. The van der Waals surface area contributed by atoms with Crippen LogP contribution in [0.1, 0.15) is 30.0 Å². The summed E-state index contributed by atoms with van der Waals surface area (Å²) in [5.74, 6) is 0.542. The minimum absolute atomic E-state index is 0.0474. The van der Waals surface area contributed by atoms with Gasteiger partial charge in [-0.2, -0.15) is 18.5 Å². The number of hydrogen-bond acceptors (Lipinski definition) is 6. The summed E-state index contributed by atoms with van der Waals surface area (Å²) >= 11 is 0. The fourth-order valence-corrected chi connectivity index (χ4v) is 3.72. The number of hydrazone groups is 1. The van der Waals surface area contributed by atoms with Gasteiger partial charge in [0.2, 0.25) is 0 Å². The molecule has 0 spiro atoms. The lowest BCUT2D eigenvalue weighted by molar-refractivity contribution is -0.114. The van der Waals surface area contributed by atoms with Crippen LogP contribution in [-0.4, -0.2) is 30.4 Å². The van der Waals surface area contributed by atoms with Crippen LogP contribution in [0.5, 0.6) is 0 Å². The Labute approximate surface area is 184 Å². The highest BCUT2D eigenvalue weighted by molar-refractivity contribution is 7.85. The Hall–Kier alpha value is -3.82. The van der Waals surface area contributed by atoms with Gasteiger partial charge in [-0.25, -0.2) is 0 Å². The van der Waals surface area contributed by atoms with Gasteiger partial charge in [-0.1, -0.05) is 18.2 Å². The molecule has 0 saturated heterocycles. The van der Waals surface area contributed by atoms with Crippen molar-refractivity contribution in [3.63, 3.8) is 0 Å². The van der Waals surface area contributed by atoms with Crippen LogP contribution in [0.25, 0.3) is 17.4 Å². The van der Waals surface area contributed by atoms with Gasteiger partial charge in [0.25, 0.3) is 16.0 Å². The van der Waals surface area contributed by atoms with Crippen molar-refractivity contribution in [2.45, 2.75) is 18.7 Å². The van der Waals surface area contributed by atoms with Crippen molar-refractivity contribution >= 4 is 39.3 Å². The summed E-state index contributed by atoms with van der Waals surface area (Å²) in [4.78, 5) is 24.2. The van der Waals surface area contributed by atoms with Gasteiger partial charge in [-0.3, -0.25) is 14.1 Å². The average molecular weight is 450 g/mol. The average Bonchev–Trinajstić information content (AvgIpc) is 3.34. The number of furan rings is 1. The minimum Gasteiger partial charge on any atom is -0.457 e. The summed E-state index contributed by atoms with van der Waals surface area (Å²) in [6.45, 7) is 3.17. The van der Waals surface area contributed by atoms with Gasteiger partial charge in [0.1, 0.15) is 11.5 Å². The first kappa shape index (κ1) is 21.4. The molecule has 0 fully saturated rings. The van der Waals surface area contributed by atoms with E-state index in [0.717, 1.165) is 10.6 Å². The van der Waals surface area contributed by atoms with Crippen molar-refractivity contribution in [2.24, 2.45) is 5.10 Å². The molecule has 2 aromatic carbocycles. The number of nitrogens with zero attached hydrogens (tertiary/aromatic N) is 2. The van der Waals surface area contributed by atoms with Crippen molar-refractivity contribution in [1.82, 2.24) is 0 Å². The molecule has 8 nitrogen and oxygen atoms in total.